The van der Waals surface area contributed by atoms with Gasteiger partial charge >= 0.3 is 0 Å². The normalized spacial score (nSPS) is 16.6. The van der Waals surface area contributed by atoms with Gasteiger partial charge in [-0.05, 0) is 25.0 Å². The number of ether oxygens (including phenoxy) is 1. The minimum Gasteiger partial charge on any atom is -0.457 e. The van der Waals surface area contributed by atoms with Gasteiger partial charge in [-0.2, -0.15) is 0 Å². The Hall–Kier alpha value is -1.66. The summed E-state index contributed by atoms with van der Waals surface area (Å²) < 4.78 is 44.6. The van der Waals surface area contributed by atoms with Crippen molar-refractivity contribution in [1.82, 2.24) is 0 Å². The van der Waals surface area contributed by atoms with Crippen LogP contribution in [0.3, 0.4) is 0 Å². The maximum Gasteiger partial charge on any atom is 0.139 e. The van der Waals surface area contributed by atoms with Gasteiger partial charge in [0.25, 0.3) is 0 Å². The van der Waals surface area contributed by atoms with E-state index in [9.17, 15) is 18.3 Å². The third-order valence-corrected chi connectivity index (χ3v) is 4.33. The molecule has 0 radical (unpaired) electrons. The Kier molecular flexibility index (Phi) is 4.31. The molecule has 2 aromatic carbocycles. The molecule has 0 spiro atoms. The molecule has 0 saturated heterocycles. The number of benzene rings is 2. The Morgan fingerprint density at radius 2 is 1.91 bits per heavy atom. The number of aliphatic hydroxyl groups is 1. The van der Waals surface area contributed by atoms with Crippen LogP contribution in [0.5, 0.6) is 11.5 Å². The molecule has 22 heavy (non-hydrogen) atoms. The van der Waals surface area contributed by atoms with E-state index in [1.807, 2.05) is 0 Å². The van der Waals surface area contributed by atoms with Gasteiger partial charge in [-0.25, -0.2) is 13.2 Å². The van der Waals surface area contributed by atoms with Crippen LogP contribution in [0.1, 0.15) is 23.7 Å². The van der Waals surface area contributed by atoms with Gasteiger partial charge in [0.05, 0.1) is 6.10 Å². The fraction of sp³-hybridized carbons (Fsp3) is 0.250. The minimum atomic E-state index is -0.726. The lowest BCUT2D eigenvalue weighted by molar-refractivity contribution is 0.177. The summed E-state index contributed by atoms with van der Waals surface area (Å²) in [4.78, 5) is 0.667. The lowest BCUT2D eigenvalue weighted by atomic mass is 10.1. The van der Waals surface area contributed by atoms with Gasteiger partial charge in [-0.1, -0.05) is 11.8 Å². The van der Waals surface area contributed by atoms with Crippen molar-refractivity contribution in [3.05, 3.63) is 53.1 Å². The Morgan fingerprint density at radius 1 is 1.18 bits per heavy atom. The van der Waals surface area contributed by atoms with Gasteiger partial charge in [-0.15, -0.1) is 0 Å². The summed E-state index contributed by atoms with van der Waals surface area (Å²) in [5.41, 5.74) is 1.41. The fourth-order valence-electron chi connectivity index (χ4n) is 2.67. The number of halogens is 3. The number of hydrogen-bond acceptors (Lipinski definition) is 3. The van der Waals surface area contributed by atoms with Crippen molar-refractivity contribution >= 4 is 11.8 Å². The second-order valence-corrected chi connectivity index (χ2v) is 5.92. The van der Waals surface area contributed by atoms with Gasteiger partial charge in [-0.3, -0.25) is 0 Å². The van der Waals surface area contributed by atoms with Crippen LogP contribution >= 0.6 is 11.8 Å². The summed E-state index contributed by atoms with van der Waals surface area (Å²) in [6.07, 6.45) is 0.425. The molecular weight excluding hydrogens is 313 g/mol. The van der Waals surface area contributed by atoms with E-state index >= 15 is 0 Å². The Balaban J connectivity index is 1.98. The van der Waals surface area contributed by atoms with E-state index < -0.39 is 23.7 Å². The molecule has 0 bridgehead atoms. The van der Waals surface area contributed by atoms with E-state index in [0.717, 1.165) is 35.5 Å². The molecule has 6 heteroatoms. The van der Waals surface area contributed by atoms with Crippen LogP contribution in [0, 0.1) is 11.6 Å². The van der Waals surface area contributed by atoms with E-state index in [-0.39, 0.29) is 5.75 Å². The molecule has 2 aromatic rings. The van der Waals surface area contributed by atoms with Gasteiger partial charge in [0.15, 0.2) is 0 Å². The predicted molar refractivity (Wildman–Crippen MR) is 78.0 cm³/mol. The smallest absolute Gasteiger partial charge is 0.139 e. The molecule has 2 nitrogen and oxygen atoms in total. The monoisotopic (exact) mass is 326 g/mol. The highest BCUT2D eigenvalue weighted by Gasteiger charge is 2.27. The fourth-order valence-corrected chi connectivity index (χ4v) is 3.36. The van der Waals surface area contributed by atoms with Crippen molar-refractivity contribution < 1.29 is 23.0 Å². The molecule has 116 valence electrons. The number of thioether (sulfide) groups is 1. The maximum atomic E-state index is 13.2. The Morgan fingerprint density at radius 3 is 2.59 bits per heavy atom. The molecule has 1 atom stereocenters. The highest BCUT2D eigenvalue weighted by Crippen LogP contribution is 2.44. The van der Waals surface area contributed by atoms with E-state index in [4.69, 9.17) is 4.74 Å². The molecule has 1 unspecified atom stereocenters. The van der Waals surface area contributed by atoms with Crippen molar-refractivity contribution in [1.29, 1.82) is 0 Å². The molecule has 0 aliphatic heterocycles. The minimum absolute atomic E-state index is 0.0481. The van der Waals surface area contributed by atoms with Crippen LogP contribution in [-0.4, -0.2) is 11.1 Å². The van der Waals surface area contributed by atoms with Crippen LogP contribution in [0.4, 0.5) is 13.2 Å². The molecule has 1 aliphatic rings. The van der Waals surface area contributed by atoms with E-state index in [1.54, 1.807) is 12.1 Å². The highest BCUT2D eigenvalue weighted by atomic mass is 32.2. The first kappa shape index (κ1) is 15.2. The maximum absolute atomic E-state index is 13.2. The number of hydrogen-bond donors (Lipinski definition) is 1. The van der Waals surface area contributed by atoms with Crippen LogP contribution in [-0.2, 0) is 6.42 Å². The topological polar surface area (TPSA) is 29.5 Å². The van der Waals surface area contributed by atoms with Crippen molar-refractivity contribution in [2.24, 2.45) is 0 Å². The third kappa shape index (κ3) is 2.94. The first-order valence-corrected chi connectivity index (χ1v) is 7.73. The first-order chi connectivity index (χ1) is 10.6. The molecule has 0 fully saturated rings. The van der Waals surface area contributed by atoms with Crippen LogP contribution in [0.15, 0.2) is 35.2 Å². The SMILES string of the molecule is OC1CCc2c(Oc3cc(F)cc(F)c3)ccc(SCF)c21. The summed E-state index contributed by atoms with van der Waals surface area (Å²) in [6, 6.07) is 5.65. The summed E-state index contributed by atoms with van der Waals surface area (Å²) in [7, 11) is 0. The van der Waals surface area contributed by atoms with Crippen LogP contribution < -0.4 is 4.74 Å². The number of rotatable bonds is 4. The van der Waals surface area contributed by atoms with Crippen molar-refractivity contribution in [2.45, 2.75) is 23.8 Å². The molecule has 3 rings (SSSR count). The largest absolute Gasteiger partial charge is 0.457 e. The lowest BCUT2D eigenvalue weighted by Gasteiger charge is -2.14. The molecule has 1 aliphatic carbocycles. The van der Waals surface area contributed by atoms with Crippen molar-refractivity contribution in [2.75, 3.05) is 6.01 Å². The Labute approximate surface area is 129 Å². The molecule has 0 aromatic heterocycles. The molecule has 0 saturated carbocycles. The Bertz CT molecular complexity index is 686. The standard InChI is InChI=1S/C16H13F3O2S/c17-8-22-15-4-3-14(12-1-2-13(20)16(12)15)21-11-6-9(18)5-10(19)7-11/h3-7,13,20H,1-2,8H2. The van der Waals surface area contributed by atoms with Crippen LogP contribution in [0.2, 0.25) is 0 Å². The summed E-state index contributed by atoms with van der Waals surface area (Å²) in [6.45, 7) is 0. The number of alkyl halides is 1. The summed E-state index contributed by atoms with van der Waals surface area (Å²) >= 11 is 1.00. The predicted octanol–water partition coefficient (Wildman–Crippen LogP) is 4.76. The van der Waals surface area contributed by atoms with Gasteiger partial charge < -0.3 is 9.84 Å². The number of fused-ring (bicyclic) bond motifs is 1. The molecule has 0 heterocycles. The summed E-state index contributed by atoms with van der Waals surface area (Å²) in [5, 5.41) is 10.1. The van der Waals surface area contributed by atoms with Gasteiger partial charge in [0.2, 0.25) is 0 Å². The zero-order chi connectivity index (χ0) is 15.7. The lowest BCUT2D eigenvalue weighted by Crippen LogP contribution is -1.97. The van der Waals surface area contributed by atoms with E-state index in [0.29, 0.717) is 29.1 Å². The average Bonchev–Trinajstić information content (AvgIpc) is 2.83. The first-order valence-electron chi connectivity index (χ1n) is 6.75. The van der Waals surface area contributed by atoms with E-state index in [2.05, 4.69) is 0 Å². The average molecular weight is 326 g/mol. The van der Waals surface area contributed by atoms with Gasteiger partial charge in [0.1, 0.15) is 29.1 Å². The van der Waals surface area contributed by atoms with Crippen molar-refractivity contribution in [3.63, 3.8) is 0 Å². The third-order valence-electron chi connectivity index (χ3n) is 3.55. The number of aliphatic hydroxyl groups excluding tert-OH is 1. The zero-order valence-electron chi connectivity index (χ0n) is 11.5. The summed E-state index contributed by atoms with van der Waals surface area (Å²) in [5.74, 6) is -0.973. The molecular formula is C16H13F3O2S. The molecule has 1 N–H and O–H groups in total. The highest BCUT2D eigenvalue weighted by molar-refractivity contribution is 7.99. The van der Waals surface area contributed by atoms with E-state index in [1.165, 1.54) is 0 Å². The molecule has 0 amide bonds. The van der Waals surface area contributed by atoms with Crippen molar-refractivity contribution in [3.8, 4) is 11.5 Å². The van der Waals surface area contributed by atoms with Gasteiger partial charge in [0, 0.05) is 34.2 Å². The second kappa shape index (κ2) is 6.22. The second-order valence-electron chi connectivity index (χ2n) is 4.97. The zero-order valence-corrected chi connectivity index (χ0v) is 12.3. The van der Waals surface area contributed by atoms with Crippen LogP contribution in [0.25, 0.3) is 0 Å². The quantitative estimate of drug-likeness (QED) is 0.822.